The van der Waals surface area contributed by atoms with Gasteiger partial charge in [-0.2, -0.15) is 0 Å². The van der Waals surface area contributed by atoms with E-state index in [0.29, 0.717) is 5.82 Å². The maximum atomic E-state index is 6.39. The Morgan fingerprint density at radius 3 is 1.03 bits per heavy atom. The number of rotatable bonds is 12. The van der Waals surface area contributed by atoms with E-state index in [-0.39, 0.29) is 16.2 Å². The Morgan fingerprint density at radius 1 is 0.239 bits per heavy atom. The molecular weight excluding hydrogens is 1700 g/mol. The first kappa shape index (κ1) is 82.7. The van der Waals surface area contributed by atoms with Crippen molar-refractivity contribution in [3.05, 3.63) is 459 Å². The van der Waals surface area contributed by atoms with Gasteiger partial charge in [0, 0.05) is 173 Å². The van der Waals surface area contributed by atoms with E-state index >= 15 is 0 Å². The van der Waals surface area contributed by atoms with Gasteiger partial charge in [0.1, 0.15) is 11.2 Å². The second-order valence-corrected chi connectivity index (χ2v) is 38.5. The van der Waals surface area contributed by atoms with Gasteiger partial charge >= 0.3 is 0 Å². The summed E-state index contributed by atoms with van der Waals surface area (Å²) in [5, 5.41) is 7.33. The average Bonchev–Trinajstić information content (AvgIpc) is 1.56. The van der Waals surface area contributed by atoms with Crippen molar-refractivity contribution >= 4 is 75.3 Å². The van der Waals surface area contributed by atoms with Gasteiger partial charge in [0.2, 0.25) is 0 Å². The van der Waals surface area contributed by atoms with Gasteiger partial charge in [0.05, 0.1) is 45.2 Å². The zero-order chi connectivity index (χ0) is 92.5. The van der Waals surface area contributed by atoms with Crippen molar-refractivity contribution in [3.8, 4) is 163 Å². The average molecular weight is 1790 g/mol. The molecule has 0 aliphatic heterocycles. The maximum Gasteiger partial charge on any atom is 0.160 e. The summed E-state index contributed by atoms with van der Waals surface area (Å²) in [4.78, 5) is 45.0. The topological polar surface area (TPSA) is 134 Å². The van der Waals surface area contributed by atoms with Crippen LogP contribution >= 0.6 is 11.3 Å². The fourth-order valence-electron chi connectivity index (χ4n) is 21.5. The fourth-order valence-corrected chi connectivity index (χ4v) is 22.8. The molecule has 15 aromatic carbocycles. The van der Waals surface area contributed by atoms with Crippen LogP contribution in [0.15, 0.2) is 430 Å². The van der Waals surface area contributed by atoms with Crippen molar-refractivity contribution in [2.75, 3.05) is 0 Å². The molecule has 0 saturated heterocycles. The summed E-state index contributed by atoms with van der Waals surface area (Å²) in [6.45, 7) is 13.7. The van der Waals surface area contributed by atoms with Gasteiger partial charge in [-0.25, -0.2) is 29.9 Å². The first-order valence-electron chi connectivity index (χ1n) is 46.9. The molecular formula is C126H88N10OS. The SMILES string of the molecule is CC1(C)c2ccccc2-c2nc(-c3cccc(-c4cccc5c4oc4ccccc45)c3)nc(-c3ccc(-c4cccnc4)cc3)c21.CC1(C)c2ccccc2-c2nc(-c3cccc(-c4cccc5c4sc4ccccc45)c3)nc(-c3ccc(-c4cccnc4)cc3)c21.CC1(C)c2ccccc2-c2nc(-c3cccc(-n4c5ccccc5c5ccccc54)c3)nc(-c3ccc(-c4cccnc4)cc3)c21. The smallest absolute Gasteiger partial charge is 0.160 e. The van der Waals surface area contributed by atoms with E-state index in [1.807, 2.05) is 60.3 Å². The highest BCUT2D eigenvalue weighted by Gasteiger charge is 2.44. The summed E-state index contributed by atoms with van der Waals surface area (Å²) in [6, 6.07) is 137. The second-order valence-electron chi connectivity index (χ2n) is 37.5. The highest BCUT2D eigenvalue weighted by Crippen LogP contribution is 2.56. The van der Waals surface area contributed by atoms with E-state index in [1.165, 1.54) is 97.6 Å². The first-order valence-corrected chi connectivity index (χ1v) is 47.7. The van der Waals surface area contributed by atoms with Crippen LogP contribution in [0, 0.1) is 0 Å². The normalized spacial score (nSPS) is 13.2. The van der Waals surface area contributed by atoms with Crippen molar-refractivity contribution in [1.29, 1.82) is 0 Å². The number of hydrogen-bond donors (Lipinski definition) is 0. The molecule has 0 amide bonds. The van der Waals surface area contributed by atoms with Gasteiger partial charge in [-0.1, -0.05) is 363 Å². The second kappa shape index (κ2) is 33.2. The minimum absolute atomic E-state index is 0.236. The van der Waals surface area contributed by atoms with Crippen molar-refractivity contribution in [3.63, 3.8) is 0 Å². The minimum atomic E-state index is -0.249. The molecule has 0 unspecified atom stereocenters. The number of benzene rings is 15. The van der Waals surface area contributed by atoms with Gasteiger partial charge in [-0.05, 0) is 133 Å². The lowest BCUT2D eigenvalue weighted by Crippen LogP contribution is -2.17. The Hall–Kier alpha value is -17.2. The van der Waals surface area contributed by atoms with E-state index in [9.17, 15) is 0 Å². The molecule has 654 valence electrons. The van der Waals surface area contributed by atoms with Crippen molar-refractivity contribution in [1.82, 2.24) is 49.4 Å². The summed E-state index contributed by atoms with van der Waals surface area (Å²) in [5.41, 5.74) is 38.7. The molecule has 0 radical (unpaired) electrons. The van der Waals surface area contributed by atoms with Crippen LogP contribution in [0.4, 0.5) is 0 Å². The molecule has 27 rings (SSSR count). The number of nitrogens with zero attached hydrogens (tertiary/aromatic N) is 10. The molecule has 3 aliphatic carbocycles. The number of thiophene rings is 1. The molecule has 138 heavy (non-hydrogen) atoms. The molecule has 0 spiro atoms. The molecule has 11 nitrogen and oxygen atoms in total. The zero-order valence-corrected chi connectivity index (χ0v) is 77.5. The van der Waals surface area contributed by atoms with Crippen LogP contribution in [0.25, 0.3) is 227 Å². The lowest BCUT2D eigenvalue weighted by molar-refractivity contribution is 0.657. The standard InChI is InChI=1S/C42H30N4.C42H29N3O.C42H29N3S/c1-42(2)35-17-6-3-16-34(35)40-38(42)39(28-22-20-27(21-23-28)30-12-10-24-43-26-30)44-41(45-40)29-11-9-13-31(25-29)46-36-18-7-4-14-32(36)33-15-5-8-19-37(33)46;2*1-42(2)35-17-5-3-14-34(35)39-37(42)38(27-21-19-26(20-22-27)30-12-9-23-43-25-30)44-41(45-39)29-11-7-10-28(24-29)31-15-8-16-33-32-13-4-6-18-36(32)46-40(31)33/h3-26H,1-2H3;2*3-25H,1-2H3. The van der Waals surface area contributed by atoms with Crippen LogP contribution in [-0.2, 0) is 16.2 Å². The molecule has 0 fully saturated rings. The molecule has 0 bridgehead atoms. The molecule has 9 heterocycles. The van der Waals surface area contributed by atoms with Crippen LogP contribution in [0.5, 0.6) is 0 Å². The van der Waals surface area contributed by atoms with Crippen LogP contribution < -0.4 is 0 Å². The number of furan rings is 1. The third-order valence-corrected chi connectivity index (χ3v) is 29.5. The Balaban J connectivity index is 0.000000110. The number of hydrogen-bond acceptors (Lipinski definition) is 11. The molecule has 0 N–H and O–H groups in total. The summed E-state index contributed by atoms with van der Waals surface area (Å²) >= 11 is 1.86. The highest BCUT2D eigenvalue weighted by atomic mass is 32.1. The quantitative estimate of drug-likeness (QED) is 0.116. The highest BCUT2D eigenvalue weighted by molar-refractivity contribution is 7.26. The monoisotopic (exact) mass is 1790 g/mol. The zero-order valence-electron chi connectivity index (χ0n) is 76.7. The lowest BCUT2D eigenvalue weighted by atomic mass is 9.80. The summed E-state index contributed by atoms with van der Waals surface area (Å²) in [5.74, 6) is 2.17. The fraction of sp³-hybridized carbons (Fsp3) is 0.0714. The Bertz CT molecular complexity index is 8560. The summed E-state index contributed by atoms with van der Waals surface area (Å²) < 4.78 is 11.3. The first-order chi connectivity index (χ1) is 67.7. The lowest BCUT2D eigenvalue weighted by Gasteiger charge is -2.24. The van der Waals surface area contributed by atoms with Crippen molar-refractivity contribution in [2.45, 2.75) is 57.8 Å². The summed E-state index contributed by atoms with van der Waals surface area (Å²) in [7, 11) is 0. The molecule has 0 saturated carbocycles. The number of fused-ring (bicyclic) bond motifs is 18. The van der Waals surface area contributed by atoms with Gasteiger partial charge in [-0.3, -0.25) is 15.0 Å². The summed E-state index contributed by atoms with van der Waals surface area (Å²) in [6.07, 6.45) is 11.1. The number of para-hydroxylation sites is 4. The van der Waals surface area contributed by atoms with E-state index < -0.39 is 0 Å². The Kier molecular flexibility index (Phi) is 19.9. The molecule has 3 aliphatic rings. The minimum Gasteiger partial charge on any atom is -0.455 e. The van der Waals surface area contributed by atoms with Gasteiger partial charge in [0.25, 0.3) is 0 Å². The molecule has 24 aromatic rings. The molecule has 9 aromatic heterocycles. The third kappa shape index (κ3) is 14.0. The van der Waals surface area contributed by atoms with Crippen LogP contribution in [0.1, 0.15) is 74.9 Å². The molecule has 0 atom stereocenters. The van der Waals surface area contributed by atoms with Gasteiger partial charge in [-0.15, -0.1) is 11.3 Å². The predicted molar refractivity (Wildman–Crippen MR) is 566 cm³/mol. The van der Waals surface area contributed by atoms with E-state index in [1.54, 1.807) is 18.6 Å². The maximum absolute atomic E-state index is 6.39. The van der Waals surface area contributed by atoms with E-state index in [4.69, 9.17) is 34.3 Å². The van der Waals surface area contributed by atoms with Crippen molar-refractivity contribution < 1.29 is 4.42 Å². The molecule has 12 heteroatoms. The van der Waals surface area contributed by atoms with Crippen molar-refractivity contribution in [2.24, 2.45) is 0 Å². The van der Waals surface area contributed by atoms with Crippen LogP contribution in [0.3, 0.4) is 0 Å². The largest absolute Gasteiger partial charge is 0.455 e. The Labute approximate surface area is 803 Å². The van der Waals surface area contributed by atoms with E-state index in [0.717, 1.165) is 157 Å². The number of aromatic nitrogens is 10. The number of pyridine rings is 3. The predicted octanol–water partition coefficient (Wildman–Crippen LogP) is 32.2. The van der Waals surface area contributed by atoms with Gasteiger partial charge < -0.3 is 8.98 Å². The van der Waals surface area contributed by atoms with Gasteiger partial charge in [0.15, 0.2) is 17.5 Å². The van der Waals surface area contributed by atoms with Crippen LogP contribution in [0.2, 0.25) is 0 Å². The van der Waals surface area contributed by atoms with Crippen LogP contribution in [-0.4, -0.2) is 49.4 Å². The third-order valence-electron chi connectivity index (χ3n) is 28.2. The Morgan fingerprint density at radius 2 is 0.572 bits per heavy atom. The van der Waals surface area contributed by atoms with E-state index in [2.05, 4.69) is 419 Å².